The third-order valence-corrected chi connectivity index (χ3v) is 4.57. The molecule has 0 heterocycles. The molecule has 0 aromatic heterocycles. The fraction of sp³-hybridized carbons (Fsp3) is 1.00. The molecule has 1 aliphatic rings. The van der Waals surface area contributed by atoms with Crippen LogP contribution in [0.3, 0.4) is 0 Å². The van der Waals surface area contributed by atoms with Crippen LogP contribution in [-0.2, 0) is 0 Å². The lowest BCUT2D eigenvalue weighted by Crippen LogP contribution is -2.61. The molecular weight excluding hydrogens is 212 g/mol. The van der Waals surface area contributed by atoms with Gasteiger partial charge in [0, 0.05) is 24.7 Å². The van der Waals surface area contributed by atoms with E-state index in [1.54, 1.807) is 0 Å². The molecular formula is C14H30N2O. The van der Waals surface area contributed by atoms with Crippen molar-refractivity contribution in [2.75, 3.05) is 13.2 Å². The second-order valence-corrected chi connectivity index (χ2v) is 5.91. The van der Waals surface area contributed by atoms with Crippen LogP contribution < -0.4 is 11.1 Å². The van der Waals surface area contributed by atoms with Gasteiger partial charge >= 0.3 is 0 Å². The molecule has 0 aromatic carbocycles. The number of aliphatic hydroxyl groups excluding tert-OH is 1. The zero-order chi connectivity index (χ0) is 12.9. The average Bonchev–Trinajstić information content (AvgIpc) is 2.33. The topological polar surface area (TPSA) is 58.3 Å². The molecule has 0 saturated heterocycles. The summed E-state index contributed by atoms with van der Waals surface area (Å²) in [5.74, 6) is 1.39. The second-order valence-electron chi connectivity index (χ2n) is 5.91. The largest absolute Gasteiger partial charge is 0.396 e. The van der Waals surface area contributed by atoms with Crippen LogP contribution in [0.4, 0.5) is 0 Å². The lowest BCUT2D eigenvalue weighted by atomic mass is 9.69. The van der Waals surface area contributed by atoms with Crippen molar-refractivity contribution >= 4 is 0 Å². The Kier molecular flexibility index (Phi) is 5.90. The Hall–Kier alpha value is -0.120. The summed E-state index contributed by atoms with van der Waals surface area (Å²) in [6.07, 6.45) is 5.65. The Bertz CT molecular complexity index is 222. The van der Waals surface area contributed by atoms with Crippen molar-refractivity contribution in [2.45, 2.75) is 64.5 Å². The summed E-state index contributed by atoms with van der Waals surface area (Å²) >= 11 is 0. The molecule has 17 heavy (non-hydrogen) atoms. The van der Waals surface area contributed by atoms with Crippen molar-refractivity contribution in [3.05, 3.63) is 0 Å². The Labute approximate surface area is 106 Å². The standard InChI is InChI=1S/C14H30N2O/c1-4-13(7-8-17)16-14(10-15)9-11(2)5-6-12(14)3/h11-13,16-17H,4-10,15H2,1-3H3. The molecule has 1 rings (SSSR count). The van der Waals surface area contributed by atoms with Crippen molar-refractivity contribution in [3.8, 4) is 0 Å². The van der Waals surface area contributed by atoms with Crippen LogP contribution in [0.2, 0.25) is 0 Å². The van der Waals surface area contributed by atoms with E-state index >= 15 is 0 Å². The minimum Gasteiger partial charge on any atom is -0.396 e. The molecule has 0 amide bonds. The highest BCUT2D eigenvalue weighted by molar-refractivity contribution is 4.99. The zero-order valence-electron chi connectivity index (χ0n) is 11.7. The second kappa shape index (κ2) is 6.72. The first-order chi connectivity index (χ1) is 8.07. The fourth-order valence-electron chi connectivity index (χ4n) is 3.22. The van der Waals surface area contributed by atoms with Gasteiger partial charge in [-0.25, -0.2) is 0 Å². The molecule has 0 bridgehead atoms. The molecule has 1 fully saturated rings. The van der Waals surface area contributed by atoms with Gasteiger partial charge in [-0.05, 0) is 37.5 Å². The number of nitrogens with two attached hydrogens (primary N) is 1. The van der Waals surface area contributed by atoms with Crippen molar-refractivity contribution < 1.29 is 5.11 Å². The number of rotatable bonds is 6. The summed E-state index contributed by atoms with van der Waals surface area (Å²) in [4.78, 5) is 0. The van der Waals surface area contributed by atoms with E-state index in [2.05, 4.69) is 26.1 Å². The predicted molar refractivity (Wildman–Crippen MR) is 72.9 cm³/mol. The van der Waals surface area contributed by atoms with Crippen LogP contribution >= 0.6 is 0 Å². The van der Waals surface area contributed by atoms with Gasteiger partial charge in [0.05, 0.1) is 0 Å². The van der Waals surface area contributed by atoms with E-state index in [9.17, 15) is 0 Å². The number of aliphatic hydroxyl groups is 1. The lowest BCUT2D eigenvalue weighted by molar-refractivity contribution is 0.104. The van der Waals surface area contributed by atoms with E-state index in [-0.39, 0.29) is 12.1 Å². The predicted octanol–water partition coefficient (Wildman–Crippen LogP) is 1.89. The van der Waals surface area contributed by atoms with E-state index < -0.39 is 0 Å². The van der Waals surface area contributed by atoms with Crippen molar-refractivity contribution in [1.29, 1.82) is 0 Å². The van der Waals surface area contributed by atoms with Gasteiger partial charge in [-0.3, -0.25) is 0 Å². The minimum atomic E-state index is 0.0908. The van der Waals surface area contributed by atoms with Crippen molar-refractivity contribution in [1.82, 2.24) is 5.32 Å². The van der Waals surface area contributed by atoms with E-state index in [0.717, 1.165) is 18.8 Å². The highest BCUT2D eigenvalue weighted by Crippen LogP contribution is 2.36. The highest BCUT2D eigenvalue weighted by Gasteiger charge is 2.40. The van der Waals surface area contributed by atoms with Gasteiger partial charge in [-0.2, -0.15) is 0 Å². The van der Waals surface area contributed by atoms with Crippen LogP contribution in [0.1, 0.15) is 52.9 Å². The smallest absolute Gasteiger partial charge is 0.0445 e. The minimum absolute atomic E-state index is 0.0908. The Balaban J connectivity index is 2.71. The average molecular weight is 242 g/mol. The molecule has 4 N–H and O–H groups in total. The quantitative estimate of drug-likeness (QED) is 0.666. The molecule has 0 radical (unpaired) electrons. The van der Waals surface area contributed by atoms with E-state index in [1.165, 1.54) is 19.3 Å². The normalized spacial score (nSPS) is 35.8. The summed E-state index contributed by atoms with van der Waals surface area (Å²) in [6.45, 7) is 7.79. The first-order valence-corrected chi connectivity index (χ1v) is 7.16. The van der Waals surface area contributed by atoms with E-state index in [0.29, 0.717) is 18.5 Å². The van der Waals surface area contributed by atoms with Gasteiger partial charge in [0.25, 0.3) is 0 Å². The molecule has 4 atom stereocenters. The van der Waals surface area contributed by atoms with E-state index in [1.807, 2.05) is 0 Å². The molecule has 0 spiro atoms. The highest BCUT2D eigenvalue weighted by atomic mass is 16.3. The maximum absolute atomic E-state index is 9.10. The molecule has 0 aliphatic heterocycles. The van der Waals surface area contributed by atoms with E-state index in [4.69, 9.17) is 10.8 Å². The summed E-state index contributed by atoms with van der Waals surface area (Å²) in [7, 11) is 0. The van der Waals surface area contributed by atoms with Crippen LogP contribution in [-0.4, -0.2) is 29.8 Å². The van der Waals surface area contributed by atoms with Crippen LogP contribution in [0, 0.1) is 11.8 Å². The van der Waals surface area contributed by atoms with Gasteiger partial charge in [-0.1, -0.05) is 27.2 Å². The van der Waals surface area contributed by atoms with Gasteiger partial charge in [-0.15, -0.1) is 0 Å². The SMILES string of the molecule is CCC(CCO)NC1(CN)CC(C)CCC1C. The van der Waals surface area contributed by atoms with Crippen LogP contribution in [0.25, 0.3) is 0 Å². The zero-order valence-corrected chi connectivity index (χ0v) is 11.7. The summed E-state index contributed by atoms with van der Waals surface area (Å²) in [5.41, 5.74) is 6.16. The first-order valence-electron chi connectivity index (χ1n) is 7.16. The Morgan fingerprint density at radius 1 is 1.41 bits per heavy atom. The van der Waals surface area contributed by atoms with Gasteiger partial charge in [0.15, 0.2) is 0 Å². The summed E-state index contributed by atoms with van der Waals surface area (Å²) in [6, 6.07) is 0.399. The molecule has 0 aromatic rings. The molecule has 1 saturated carbocycles. The number of nitrogens with one attached hydrogen (secondary N) is 1. The Morgan fingerprint density at radius 2 is 2.12 bits per heavy atom. The van der Waals surface area contributed by atoms with Gasteiger partial charge < -0.3 is 16.2 Å². The van der Waals surface area contributed by atoms with Gasteiger partial charge in [0.2, 0.25) is 0 Å². The van der Waals surface area contributed by atoms with Crippen molar-refractivity contribution in [3.63, 3.8) is 0 Å². The summed E-state index contributed by atoms with van der Waals surface area (Å²) in [5, 5.41) is 12.9. The van der Waals surface area contributed by atoms with Crippen molar-refractivity contribution in [2.24, 2.45) is 17.6 Å². The molecule has 1 aliphatic carbocycles. The lowest BCUT2D eigenvalue weighted by Gasteiger charge is -2.47. The summed E-state index contributed by atoms with van der Waals surface area (Å²) < 4.78 is 0. The fourth-order valence-corrected chi connectivity index (χ4v) is 3.22. The number of hydrogen-bond donors (Lipinski definition) is 3. The third-order valence-electron chi connectivity index (χ3n) is 4.57. The molecule has 3 heteroatoms. The number of hydrogen-bond acceptors (Lipinski definition) is 3. The maximum atomic E-state index is 9.10. The molecule has 102 valence electrons. The molecule has 4 unspecified atom stereocenters. The van der Waals surface area contributed by atoms with Crippen LogP contribution in [0.5, 0.6) is 0 Å². The Morgan fingerprint density at radius 3 is 2.65 bits per heavy atom. The first kappa shape index (κ1) is 14.9. The van der Waals surface area contributed by atoms with Gasteiger partial charge in [0.1, 0.15) is 0 Å². The maximum Gasteiger partial charge on any atom is 0.0445 e. The molecule has 3 nitrogen and oxygen atoms in total. The third kappa shape index (κ3) is 3.67. The van der Waals surface area contributed by atoms with Crippen LogP contribution in [0.15, 0.2) is 0 Å². The monoisotopic (exact) mass is 242 g/mol.